The van der Waals surface area contributed by atoms with E-state index < -0.39 is 5.60 Å². The van der Waals surface area contributed by atoms with E-state index in [0.717, 1.165) is 12.2 Å². The molecule has 0 N–H and O–H groups in total. The minimum atomic E-state index is -0.395. The Kier molecular flexibility index (Phi) is 16.8. The number of carbonyl (C=O) groups excluding carboxylic acids is 1. The molecule has 0 radical (unpaired) electrons. The van der Waals surface area contributed by atoms with Crippen LogP contribution in [0.2, 0.25) is 0 Å². The van der Waals surface area contributed by atoms with Crippen molar-refractivity contribution in [1.29, 1.82) is 0 Å². The fourth-order valence-corrected chi connectivity index (χ4v) is 1.32. The first-order valence-corrected chi connectivity index (χ1v) is 11.4. The molecule has 0 heterocycles. The zero-order chi connectivity index (χ0) is 26.5. The molecule has 190 valence electrons. The Balaban J connectivity index is -0.000000398. The molecule has 0 aliphatic carbocycles. The van der Waals surface area contributed by atoms with Gasteiger partial charge in [0.15, 0.2) is 0 Å². The molecule has 0 aliphatic heterocycles. The molecule has 0 amide bonds. The zero-order valence-corrected chi connectivity index (χ0v) is 24.4. The minimum absolute atomic E-state index is 0.0172. The fourth-order valence-electron chi connectivity index (χ4n) is 1.32. The van der Waals surface area contributed by atoms with E-state index in [0.29, 0.717) is 5.57 Å². The molecule has 0 aliphatic rings. The standard InChI is InChI=1S/C10H18O2.C10H20O.C8H16O/c1-7(2)8(3)9(11)12-10(4,5)6;1-8(2)9(3)7-11-10(4,5)6;1-7(2)6-9-8(3,4)5/h1-6H3;7H2,1-6H3;6H,1-5H3. The van der Waals surface area contributed by atoms with Gasteiger partial charge in [-0.1, -0.05) is 11.1 Å². The third-order valence-electron chi connectivity index (χ3n) is 3.68. The average molecular weight is 455 g/mol. The average Bonchev–Trinajstić information content (AvgIpc) is 2.55. The Bertz CT molecular complexity index is 630. The molecule has 0 aromatic heterocycles. The Morgan fingerprint density at radius 1 is 0.656 bits per heavy atom. The van der Waals surface area contributed by atoms with E-state index in [2.05, 4.69) is 41.5 Å². The lowest BCUT2D eigenvalue weighted by atomic mass is 10.1. The van der Waals surface area contributed by atoms with Crippen molar-refractivity contribution < 1.29 is 19.0 Å². The van der Waals surface area contributed by atoms with Gasteiger partial charge >= 0.3 is 5.97 Å². The van der Waals surface area contributed by atoms with Crippen LogP contribution in [0.4, 0.5) is 0 Å². The molecule has 0 saturated carbocycles. The highest BCUT2D eigenvalue weighted by molar-refractivity contribution is 5.88. The van der Waals surface area contributed by atoms with Crippen molar-refractivity contribution in [3.8, 4) is 0 Å². The molecule has 0 spiro atoms. The molecule has 0 aromatic carbocycles. The van der Waals surface area contributed by atoms with Gasteiger partial charge in [0, 0.05) is 5.57 Å². The van der Waals surface area contributed by atoms with Crippen LogP contribution in [0.3, 0.4) is 0 Å². The molecular formula is C28H54O4. The Morgan fingerprint density at radius 3 is 1.31 bits per heavy atom. The van der Waals surface area contributed by atoms with Gasteiger partial charge in [-0.15, -0.1) is 0 Å². The summed E-state index contributed by atoms with van der Waals surface area (Å²) in [6.45, 7) is 34.6. The highest BCUT2D eigenvalue weighted by Crippen LogP contribution is 2.13. The quantitative estimate of drug-likeness (QED) is 0.185. The molecule has 0 unspecified atom stereocenters. The monoisotopic (exact) mass is 454 g/mol. The number of allylic oxidation sites excluding steroid dienone is 3. The van der Waals surface area contributed by atoms with E-state index in [1.807, 2.05) is 69.2 Å². The highest BCUT2D eigenvalue weighted by atomic mass is 16.6. The molecule has 0 saturated heterocycles. The normalized spacial score (nSPS) is 11.0. The largest absolute Gasteiger partial charge is 0.496 e. The third kappa shape index (κ3) is 28.5. The molecule has 4 nitrogen and oxygen atoms in total. The predicted molar refractivity (Wildman–Crippen MR) is 140 cm³/mol. The van der Waals surface area contributed by atoms with Crippen LogP contribution >= 0.6 is 0 Å². The first-order chi connectivity index (χ1) is 14.0. The SMILES string of the molecule is CC(C)=C(C)C(=O)OC(C)(C)C.CC(C)=C(C)COC(C)(C)C.CC(C)=COC(C)(C)C. The van der Waals surface area contributed by atoms with Gasteiger partial charge in [-0.3, -0.25) is 0 Å². The number of carbonyl (C=O) groups is 1. The summed E-state index contributed by atoms with van der Waals surface area (Å²) in [7, 11) is 0. The molecule has 0 rings (SSSR count). The summed E-state index contributed by atoms with van der Waals surface area (Å²) in [5.74, 6) is -0.220. The maximum absolute atomic E-state index is 11.3. The van der Waals surface area contributed by atoms with Crippen LogP contribution in [0.5, 0.6) is 0 Å². The second-order valence-electron chi connectivity index (χ2n) is 11.7. The van der Waals surface area contributed by atoms with Gasteiger partial charge in [-0.25, -0.2) is 4.79 Å². The minimum Gasteiger partial charge on any atom is -0.496 e. The van der Waals surface area contributed by atoms with Crippen molar-refractivity contribution in [1.82, 2.24) is 0 Å². The molecule has 0 fully saturated rings. The smallest absolute Gasteiger partial charge is 0.334 e. The topological polar surface area (TPSA) is 44.8 Å². The van der Waals surface area contributed by atoms with E-state index in [1.54, 1.807) is 13.2 Å². The Labute approximate surface area is 200 Å². The Hall–Kier alpha value is -1.55. The van der Waals surface area contributed by atoms with Crippen molar-refractivity contribution in [3.05, 3.63) is 34.1 Å². The van der Waals surface area contributed by atoms with Crippen LogP contribution in [0, 0.1) is 0 Å². The van der Waals surface area contributed by atoms with Crippen LogP contribution < -0.4 is 0 Å². The van der Waals surface area contributed by atoms with Gasteiger partial charge in [-0.2, -0.15) is 0 Å². The van der Waals surface area contributed by atoms with E-state index in [4.69, 9.17) is 14.2 Å². The van der Waals surface area contributed by atoms with Crippen LogP contribution in [-0.2, 0) is 19.0 Å². The van der Waals surface area contributed by atoms with Crippen LogP contribution in [0.25, 0.3) is 0 Å². The van der Waals surface area contributed by atoms with Crippen molar-refractivity contribution >= 4 is 5.97 Å². The lowest BCUT2D eigenvalue weighted by Crippen LogP contribution is -2.24. The zero-order valence-electron chi connectivity index (χ0n) is 24.4. The van der Waals surface area contributed by atoms with Gasteiger partial charge in [0.05, 0.1) is 24.1 Å². The van der Waals surface area contributed by atoms with Crippen molar-refractivity contribution in [2.75, 3.05) is 6.61 Å². The fraction of sp³-hybridized carbons (Fsp3) is 0.750. The maximum atomic E-state index is 11.3. The summed E-state index contributed by atoms with van der Waals surface area (Å²) in [6.07, 6.45) is 1.79. The summed E-state index contributed by atoms with van der Waals surface area (Å²) < 4.78 is 16.1. The Morgan fingerprint density at radius 2 is 1.09 bits per heavy atom. The molecule has 0 aromatic rings. The van der Waals surface area contributed by atoms with Gasteiger partial charge < -0.3 is 14.2 Å². The summed E-state index contributed by atoms with van der Waals surface area (Å²) in [5.41, 5.74) is 5.13. The van der Waals surface area contributed by atoms with Crippen LogP contribution in [0.15, 0.2) is 34.1 Å². The van der Waals surface area contributed by atoms with Crippen molar-refractivity contribution in [3.63, 3.8) is 0 Å². The van der Waals surface area contributed by atoms with Gasteiger partial charge in [0.25, 0.3) is 0 Å². The maximum Gasteiger partial charge on any atom is 0.334 e. The van der Waals surface area contributed by atoms with Gasteiger partial charge in [0.1, 0.15) is 5.60 Å². The number of hydrogen-bond donors (Lipinski definition) is 0. The second-order valence-corrected chi connectivity index (χ2v) is 11.7. The summed E-state index contributed by atoms with van der Waals surface area (Å²) in [6, 6.07) is 0. The molecule has 0 atom stereocenters. The predicted octanol–water partition coefficient (Wildman–Crippen LogP) is 8.57. The van der Waals surface area contributed by atoms with Gasteiger partial charge in [0.2, 0.25) is 0 Å². The summed E-state index contributed by atoms with van der Waals surface area (Å²) in [5, 5.41) is 0. The lowest BCUT2D eigenvalue weighted by Gasteiger charge is -2.20. The van der Waals surface area contributed by atoms with Crippen LogP contribution in [0.1, 0.15) is 118 Å². The van der Waals surface area contributed by atoms with Crippen molar-refractivity contribution in [2.45, 2.75) is 135 Å². The number of rotatable bonds is 4. The molecular weight excluding hydrogens is 400 g/mol. The number of hydrogen-bond acceptors (Lipinski definition) is 4. The lowest BCUT2D eigenvalue weighted by molar-refractivity contribution is -0.149. The number of esters is 1. The van der Waals surface area contributed by atoms with E-state index >= 15 is 0 Å². The van der Waals surface area contributed by atoms with E-state index in [9.17, 15) is 4.79 Å². The van der Waals surface area contributed by atoms with E-state index in [-0.39, 0.29) is 17.2 Å². The first kappa shape index (κ1) is 35.0. The third-order valence-corrected chi connectivity index (χ3v) is 3.68. The highest BCUT2D eigenvalue weighted by Gasteiger charge is 2.17. The van der Waals surface area contributed by atoms with Crippen LogP contribution in [-0.4, -0.2) is 29.4 Å². The summed E-state index contributed by atoms with van der Waals surface area (Å²) >= 11 is 0. The molecule has 4 heteroatoms. The molecule has 0 bridgehead atoms. The number of ether oxygens (including phenoxy) is 3. The van der Waals surface area contributed by atoms with Crippen molar-refractivity contribution in [2.24, 2.45) is 0 Å². The summed E-state index contributed by atoms with van der Waals surface area (Å²) in [4.78, 5) is 11.3. The van der Waals surface area contributed by atoms with E-state index in [1.165, 1.54) is 16.7 Å². The second kappa shape index (κ2) is 15.3. The molecule has 32 heavy (non-hydrogen) atoms. The van der Waals surface area contributed by atoms with Gasteiger partial charge in [-0.05, 0) is 129 Å². The first-order valence-electron chi connectivity index (χ1n) is 11.4.